The predicted octanol–water partition coefficient (Wildman–Crippen LogP) is 4.75. The number of hydrogen-bond acceptors (Lipinski definition) is 1. The van der Waals surface area contributed by atoms with Crippen LogP contribution in [0.15, 0.2) is 12.7 Å². The van der Waals surface area contributed by atoms with Crippen molar-refractivity contribution in [2.24, 2.45) is 0 Å². The molecule has 105 valence electrons. The summed E-state index contributed by atoms with van der Waals surface area (Å²) < 4.78 is 1.17. The second-order valence-corrected chi connectivity index (χ2v) is 5.63. The molecule has 3 heteroatoms. The Balaban J connectivity index is 0. The summed E-state index contributed by atoms with van der Waals surface area (Å²) in [6.07, 6.45) is 13.4. The Hall–Kier alpha value is 0.00870. The van der Waals surface area contributed by atoms with Crippen molar-refractivity contribution < 1.29 is 9.90 Å². The number of unbranched alkanes of at least 4 members (excludes halogenated alkanes) is 8. The molecule has 0 amide bonds. The Morgan fingerprint density at radius 1 is 1.06 bits per heavy atom. The first-order valence-electron chi connectivity index (χ1n) is 7.16. The normalized spacial score (nSPS) is 9.44. The quantitative estimate of drug-likeness (QED) is 0.328. The van der Waals surface area contributed by atoms with Crippen LogP contribution in [0.2, 0.25) is 4.44 Å². The molecule has 0 aromatic carbocycles. The van der Waals surface area contributed by atoms with E-state index in [1.807, 2.05) is 6.08 Å². The average molecular weight is 360 g/mol. The van der Waals surface area contributed by atoms with Crippen molar-refractivity contribution in [3.05, 3.63) is 12.7 Å². The molecule has 0 saturated carbocycles. The third kappa shape index (κ3) is 25.0. The number of hydrogen-bond donors (Lipinski definition) is 1. The van der Waals surface area contributed by atoms with Gasteiger partial charge in [-0.3, -0.25) is 4.79 Å². The van der Waals surface area contributed by atoms with Gasteiger partial charge in [0, 0.05) is 6.42 Å². The fraction of sp³-hybridized carbons (Fsp3) is 0.800. The molecule has 0 unspecified atom stereocenters. The van der Waals surface area contributed by atoms with Crippen LogP contribution < -0.4 is 0 Å². The molecule has 0 aromatic rings. The maximum atomic E-state index is 10.2. The summed E-state index contributed by atoms with van der Waals surface area (Å²) in [5.41, 5.74) is 0. The molecular weight excluding hydrogens is 331 g/mol. The van der Waals surface area contributed by atoms with E-state index in [0.717, 1.165) is 12.8 Å². The molecule has 0 atom stereocenters. The molecule has 3 radical (unpaired) electrons. The summed E-state index contributed by atoms with van der Waals surface area (Å²) >= 11 is 1.55. The minimum Gasteiger partial charge on any atom is -0.481 e. The molecule has 0 rings (SSSR count). The van der Waals surface area contributed by atoms with Gasteiger partial charge in [-0.25, -0.2) is 0 Å². The second-order valence-electron chi connectivity index (χ2n) is 4.46. The zero-order valence-electron chi connectivity index (χ0n) is 11.9. The van der Waals surface area contributed by atoms with Gasteiger partial charge in [0.15, 0.2) is 0 Å². The maximum absolute atomic E-state index is 10.2. The number of carbonyl (C=O) groups is 1. The van der Waals surface area contributed by atoms with Gasteiger partial charge in [-0.1, -0.05) is 58.3 Å². The van der Waals surface area contributed by atoms with E-state index in [-0.39, 0.29) is 0 Å². The van der Waals surface area contributed by atoms with Gasteiger partial charge in [-0.15, -0.1) is 0 Å². The number of carboxylic acids is 1. The van der Waals surface area contributed by atoms with Crippen molar-refractivity contribution in [1.29, 1.82) is 0 Å². The number of carboxylic acid groups (broad SMARTS) is 1. The minimum absolute atomic E-state index is 0.343. The summed E-state index contributed by atoms with van der Waals surface area (Å²) in [6.45, 7) is 5.73. The zero-order chi connectivity index (χ0) is 14.1. The van der Waals surface area contributed by atoms with Crippen LogP contribution in [0, 0.1) is 0 Å². The van der Waals surface area contributed by atoms with Crippen LogP contribution in [0.3, 0.4) is 0 Å². The SMILES string of the molecule is C=C[CH2][Sn].CCCCCCCCCCCC(=O)O. The number of rotatable bonds is 11. The summed E-state index contributed by atoms with van der Waals surface area (Å²) in [5.74, 6) is -0.659. The van der Waals surface area contributed by atoms with E-state index in [2.05, 4.69) is 13.5 Å². The van der Waals surface area contributed by atoms with Gasteiger partial charge >= 0.3 is 45.6 Å². The zero-order valence-corrected chi connectivity index (χ0v) is 14.8. The maximum Gasteiger partial charge on any atom is 0.303 e. The van der Waals surface area contributed by atoms with Crippen LogP contribution in [0.4, 0.5) is 0 Å². The molecule has 0 aromatic heterocycles. The number of aliphatic carboxylic acids is 1. The fourth-order valence-electron chi connectivity index (χ4n) is 1.59. The van der Waals surface area contributed by atoms with E-state index in [1.165, 1.54) is 49.4 Å². The Kier molecular flexibility index (Phi) is 21.9. The molecule has 1 N–H and O–H groups in total. The Morgan fingerprint density at radius 2 is 1.44 bits per heavy atom. The van der Waals surface area contributed by atoms with Gasteiger partial charge in [-0.2, -0.15) is 0 Å². The average Bonchev–Trinajstić information content (AvgIpc) is 2.37. The molecule has 0 saturated heterocycles. The van der Waals surface area contributed by atoms with Crippen molar-refractivity contribution in [3.8, 4) is 0 Å². The van der Waals surface area contributed by atoms with Crippen LogP contribution in [-0.4, -0.2) is 33.6 Å². The van der Waals surface area contributed by atoms with Crippen LogP contribution in [0.1, 0.15) is 71.1 Å². The largest absolute Gasteiger partial charge is 0.481 e. The first-order valence-corrected chi connectivity index (χ1v) is 9.18. The second kappa shape index (κ2) is 19.4. The van der Waals surface area contributed by atoms with Gasteiger partial charge in [-0.05, 0) is 6.42 Å². The third-order valence-corrected chi connectivity index (χ3v) is 3.46. The van der Waals surface area contributed by atoms with Gasteiger partial charge in [0.05, 0.1) is 0 Å². The molecule has 0 fully saturated rings. The third-order valence-electron chi connectivity index (χ3n) is 2.64. The molecule has 0 aliphatic rings. The van der Waals surface area contributed by atoms with Gasteiger partial charge in [0.25, 0.3) is 0 Å². The predicted molar refractivity (Wildman–Crippen MR) is 80.2 cm³/mol. The van der Waals surface area contributed by atoms with Crippen molar-refractivity contribution in [2.45, 2.75) is 75.6 Å². The first kappa shape index (κ1) is 20.3. The molecule has 2 nitrogen and oxygen atoms in total. The van der Waals surface area contributed by atoms with Crippen LogP contribution >= 0.6 is 0 Å². The Labute approximate surface area is 126 Å². The molecule has 0 aliphatic carbocycles. The van der Waals surface area contributed by atoms with Gasteiger partial charge in [0.2, 0.25) is 0 Å². The van der Waals surface area contributed by atoms with E-state index < -0.39 is 5.97 Å². The summed E-state index contributed by atoms with van der Waals surface area (Å²) in [5, 5.41) is 8.41. The van der Waals surface area contributed by atoms with E-state index in [0.29, 0.717) is 6.42 Å². The smallest absolute Gasteiger partial charge is 0.303 e. The van der Waals surface area contributed by atoms with Crippen molar-refractivity contribution in [2.75, 3.05) is 0 Å². The van der Waals surface area contributed by atoms with E-state index in [1.54, 1.807) is 22.5 Å². The van der Waals surface area contributed by atoms with E-state index >= 15 is 0 Å². The van der Waals surface area contributed by atoms with Crippen LogP contribution in [0.5, 0.6) is 0 Å². The Bertz CT molecular complexity index is 181. The molecule has 0 heterocycles. The Morgan fingerprint density at radius 3 is 1.78 bits per heavy atom. The monoisotopic (exact) mass is 361 g/mol. The topological polar surface area (TPSA) is 37.3 Å². The number of allylic oxidation sites excluding steroid dienone is 1. The van der Waals surface area contributed by atoms with E-state index in [4.69, 9.17) is 5.11 Å². The van der Waals surface area contributed by atoms with Crippen molar-refractivity contribution in [3.63, 3.8) is 0 Å². The molecule has 0 spiro atoms. The standard InChI is InChI=1S/C12H24O2.C3H5.Sn/c1-2-3-4-5-6-7-8-9-10-11-12(13)14;1-3-2;/h2-11H2,1H3,(H,13,14);3H,1-2H2;. The van der Waals surface area contributed by atoms with E-state index in [9.17, 15) is 4.79 Å². The van der Waals surface area contributed by atoms with Crippen molar-refractivity contribution >= 4 is 28.5 Å². The minimum atomic E-state index is -0.659. The summed E-state index contributed by atoms with van der Waals surface area (Å²) in [6, 6.07) is 0. The molecule has 0 bridgehead atoms. The van der Waals surface area contributed by atoms with Gasteiger partial charge < -0.3 is 5.11 Å². The first-order chi connectivity index (χ1) is 8.68. The van der Waals surface area contributed by atoms with Crippen molar-refractivity contribution in [1.82, 2.24) is 0 Å². The summed E-state index contributed by atoms with van der Waals surface area (Å²) in [4.78, 5) is 10.2. The van der Waals surface area contributed by atoms with Crippen LogP contribution in [-0.2, 0) is 4.79 Å². The molecular formula is C15H29O2Sn. The van der Waals surface area contributed by atoms with Crippen LogP contribution in [0.25, 0.3) is 0 Å². The fourth-order valence-corrected chi connectivity index (χ4v) is 1.59. The van der Waals surface area contributed by atoms with Gasteiger partial charge in [0.1, 0.15) is 0 Å². The molecule has 18 heavy (non-hydrogen) atoms. The molecule has 0 aliphatic heterocycles. The summed E-state index contributed by atoms with van der Waals surface area (Å²) in [7, 11) is 0.